The molecule has 0 saturated carbocycles. The zero-order chi connectivity index (χ0) is 14.3. The van der Waals surface area contributed by atoms with Gasteiger partial charge in [0.1, 0.15) is 11.9 Å². The van der Waals surface area contributed by atoms with Crippen molar-refractivity contribution in [2.75, 3.05) is 13.1 Å². The number of carbonyl (C=O) groups is 1. The Hall–Kier alpha value is -1.42. The quantitative estimate of drug-likeness (QED) is 0.609. The van der Waals surface area contributed by atoms with Crippen LogP contribution in [0.3, 0.4) is 0 Å². The number of hydrogen-bond donors (Lipinski definition) is 1. The molecule has 0 spiro atoms. The van der Waals surface area contributed by atoms with Crippen LogP contribution in [0.5, 0.6) is 0 Å². The van der Waals surface area contributed by atoms with E-state index in [9.17, 15) is 9.18 Å². The monoisotopic (exact) mass is 267 g/mol. The van der Waals surface area contributed by atoms with E-state index in [0.29, 0.717) is 18.0 Å². The Balaban J connectivity index is 2.29. The molecule has 1 unspecified atom stereocenters. The molecular weight excluding hydrogens is 245 g/mol. The Morgan fingerprint density at radius 1 is 1.26 bits per heavy atom. The number of carbonyl (C=O) groups excluding carboxylic acids is 1. The molecule has 4 heteroatoms. The molecule has 0 heterocycles. The molecule has 0 aliphatic heterocycles. The van der Waals surface area contributed by atoms with Gasteiger partial charge in [-0.05, 0) is 50.1 Å². The molecular formula is C15H22FNO2. The maximum Gasteiger partial charge on any atom is 0.338 e. The van der Waals surface area contributed by atoms with Gasteiger partial charge >= 0.3 is 5.97 Å². The SMILES string of the molecule is CC(C)CCNCC(C)OC(=O)c1ccc(F)cc1. The zero-order valence-corrected chi connectivity index (χ0v) is 11.8. The number of nitrogens with one attached hydrogen (secondary N) is 1. The fraction of sp³-hybridized carbons (Fsp3) is 0.533. The van der Waals surface area contributed by atoms with Crippen LogP contribution < -0.4 is 5.32 Å². The van der Waals surface area contributed by atoms with Crippen molar-refractivity contribution in [3.8, 4) is 0 Å². The van der Waals surface area contributed by atoms with Crippen LogP contribution in [0.15, 0.2) is 24.3 Å². The lowest BCUT2D eigenvalue weighted by Crippen LogP contribution is -2.30. The van der Waals surface area contributed by atoms with Crippen LogP contribution >= 0.6 is 0 Å². The van der Waals surface area contributed by atoms with Crippen molar-refractivity contribution in [1.29, 1.82) is 0 Å². The molecule has 106 valence electrons. The van der Waals surface area contributed by atoms with Gasteiger partial charge in [-0.3, -0.25) is 0 Å². The molecule has 0 aromatic heterocycles. The summed E-state index contributed by atoms with van der Waals surface area (Å²) in [7, 11) is 0. The van der Waals surface area contributed by atoms with Gasteiger partial charge in [0.25, 0.3) is 0 Å². The van der Waals surface area contributed by atoms with E-state index in [2.05, 4.69) is 19.2 Å². The van der Waals surface area contributed by atoms with Gasteiger partial charge in [0, 0.05) is 6.54 Å². The first kappa shape index (κ1) is 15.6. The molecule has 0 radical (unpaired) electrons. The fourth-order valence-electron chi connectivity index (χ4n) is 1.57. The Morgan fingerprint density at radius 3 is 2.47 bits per heavy atom. The molecule has 1 rings (SSSR count). The molecule has 0 bridgehead atoms. The van der Waals surface area contributed by atoms with Gasteiger partial charge < -0.3 is 10.1 Å². The minimum Gasteiger partial charge on any atom is -0.458 e. The highest BCUT2D eigenvalue weighted by molar-refractivity contribution is 5.89. The Kier molecular flexibility index (Phi) is 6.50. The first-order valence-corrected chi connectivity index (χ1v) is 6.66. The summed E-state index contributed by atoms with van der Waals surface area (Å²) in [6, 6.07) is 5.36. The van der Waals surface area contributed by atoms with Crippen molar-refractivity contribution >= 4 is 5.97 Å². The van der Waals surface area contributed by atoms with E-state index in [1.807, 2.05) is 6.92 Å². The van der Waals surface area contributed by atoms with Crippen LogP contribution in [0.25, 0.3) is 0 Å². The van der Waals surface area contributed by atoms with Gasteiger partial charge in [-0.25, -0.2) is 9.18 Å². The highest BCUT2D eigenvalue weighted by Gasteiger charge is 2.11. The molecule has 1 atom stereocenters. The van der Waals surface area contributed by atoms with Crippen molar-refractivity contribution < 1.29 is 13.9 Å². The summed E-state index contributed by atoms with van der Waals surface area (Å²) in [5.41, 5.74) is 0.371. The lowest BCUT2D eigenvalue weighted by atomic mass is 10.1. The van der Waals surface area contributed by atoms with E-state index in [0.717, 1.165) is 13.0 Å². The van der Waals surface area contributed by atoms with Gasteiger partial charge in [-0.15, -0.1) is 0 Å². The highest BCUT2D eigenvalue weighted by Crippen LogP contribution is 2.06. The minimum atomic E-state index is -0.418. The Labute approximate surface area is 114 Å². The summed E-state index contributed by atoms with van der Waals surface area (Å²) in [5, 5.41) is 3.25. The second-order valence-corrected chi connectivity index (χ2v) is 5.11. The standard InChI is InChI=1S/C15H22FNO2/c1-11(2)8-9-17-10-12(3)19-15(18)13-4-6-14(16)7-5-13/h4-7,11-12,17H,8-10H2,1-3H3. The van der Waals surface area contributed by atoms with Crippen molar-refractivity contribution in [2.24, 2.45) is 5.92 Å². The van der Waals surface area contributed by atoms with E-state index >= 15 is 0 Å². The molecule has 0 amide bonds. The molecule has 0 aliphatic carbocycles. The summed E-state index contributed by atoms with van der Waals surface area (Å²) in [4.78, 5) is 11.7. The topological polar surface area (TPSA) is 38.3 Å². The molecule has 0 saturated heterocycles. The summed E-state index contributed by atoms with van der Waals surface area (Å²) >= 11 is 0. The van der Waals surface area contributed by atoms with Crippen molar-refractivity contribution in [3.05, 3.63) is 35.6 Å². The van der Waals surface area contributed by atoms with Crippen molar-refractivity contribution in [1.82, 2.24) is 5.32 Å². The molecule has 0 aliphatic rings. The third-order valence-corrected chi connectivity index (χ3v) is 2.72. The van der Waals surface area contributed by atoms with Crippen LogP contribution in [0, 0.1) is 11.7 Å². The van der Waals surface area contributed by atoms with Crippen LogP contribution in [-0.4, -0.2) is 25.2 Å². The molecule has 19 heavy (non-hydrogen) atoms. The van der Waals surface area contributed by atoms with Crippen LogP contribution in [0.2, 0.25) is 0 Å². The Bertz CT molecular complexity index is 390. The van der Waals surface area contributed by atoms with Gasteiger partial charge in [0.15, 0.2) is 0 Å². The van der Waals surface area contributed by atoms with Gasteiger partial charge in [0.05, 0.1) is 5.56 Å². The molecule has 1 aromatic rings. The molecule has 1 N–H and O–H groups in total. The predicted octanol–water partition coefficient (Wildman–Crippen LogP) is 3.01. The predicted molar refractivity (Wildman–Crippen MR) is 73.6 cm³/mol. The van der Waals surface area contributed by atoms with E-state index in [4.69, 9.17) is 4.74 Å². The Morgan fingerprint density at radius 2 is 1.89 bits per heavy atom. The average molecular weight is 267 g/mol. The minimum absolute atomic E-state index is 0.204. The van der Waals surface area contributed by atoms with E-state index in [-0.39, 0.29) is 11.9 Å². The van der Waals surface area contributed by atoms with Crippen LogP contribution in [0.1, 0.15) is 37.6 Å². The van der Waals surface area contributed by atoms with E-state index in [1.165, 1.54) is 24.3 Å². The smallest absolute Gasteiger partial charge is 0.338 e. The number of hydrogen-bond acceptors (Lipinski definition) is 3. The summed E-state index contributed by atoms with van der Waals surface area (Å²) in [6.07, 6.45) is 0.892. The number of halogens is 1. The maximum atomic E-state index is 12.7. The van der Waals surface area contributed by atoms with Gasteiger partial charge in [-0.1, -0.05) is 13.8 Å². The lowest BCUT2D eigenvalue weighted by molar-refractivity contribution is 0.0342. The first-order valence-electron chi connectivity index (χ1n) is 6.66. The van der Waals surface area contributed by atoms with Crippen molar-refractivity contribution in [3.63, 3.8) is 0 Å². The highest BCUT2D eigenvalue weighted by atomic mass is 19.1. The van der Waals surface area contributed by atoms with Gasteiger partial charge in [-0.2, -0.15) is 0 Å². The second kappa shape index (κ2) is 7.89. The second-order valence-electron chi connectivity index (χ2n) is 5.11. The first-order chi connectivity index (χ1) is 8.99. The number of esters is 1. The van der Waals surface area contributed by atoms with E-state index < -0.39 is 5.97 Å². The summed E-state index contributed by atoms with van der Waals surface area (Å²) in [5.74, 6) is -0.123. The molecule has 0 fully saturated rings. The normalized spacial score (nSPS) is 12.5. The zero-order valence-electron chi connectivity index (χ0n) is 11.8. The third-order valence-electron chi connectivity index (χ3n) is 2.72. The van der Waals surface area contributed by atoms with E-state index in [1.54, 1.807) is 0 Å². The summed E-state index contributed by atoms with van der Waals surface area (Å²) < 4.78 is 18.0. The van der Waals surface area contributed by atoms with Crippen molar-refractivity contribution in [2.45, 2.75) is 33.3 Å². The lowest BCUT2D eigenvalue weighted by Gasteiger charge is -2.14. The third kappa shape index (κ3) is 6.34. The number of benzene rings is 1. The summed E-state index contributed by atoms with van der Waals surface area (Å²) in [6.45, 7) is 7.71. The maximum absolute atomic E-state index is 12.7. The molecule has 1 aromatic carbocycles. The number of ether oxygens (including phenoxy) is 1. The molecule has 3 nitrogen and oxygen atoms in total. The largest absolute Gasteiger partial charge is 0.458 e. The fourth-order valence-corrected chi connectivity index (χ4v) is 1.57. The average Bonchev–Trinajstić information content (AvgIpc) is 2.35. The van der Waals surface area contributed by atoms with Gasteiger partial charge in [0.2, 0.25) is 0 Å². The van der Waals surface area contributed by atoms with Crippen LogP contribution in [-0.2, 0) is 4.74 Å². The van der Waals surface area contributed by atoms with Crippen LogP contribution in [0.4, 0.5) is 4.39 Å². The number of rotatable bonds is 7.